The second-order valence-corrected chi connectivity index (χ2v) is 8.32. The maximum Gasteiger partial charge on any atom is 0.446 e. The molecule has 7 nitrogen and oxygen atoms in total. The van der Waals surface area contributed by atoms with Crippen molar-refractivity contribution in [2.24, 2.45) is 0 Å². The summed E-state index contributed by atoms with van der Waals surface area (Å²) in [5.41, 5.74) is -2.64. The number of amides is 2. The number of nitrogens with one attached hydrogen (secondary N) is 3. The summed E-state index contributed by atoms with van der Waals surface area (Å²) >= 11 is -0.207. The van der Waals surface area contributed by atoms with Gasteiger partial charge < -0.3 is 20.9 Å². The highest BCUT2D eigenvalue weighted by Crippen LogP contribution is 2.37. The third-order valence-electron chi connectivity index (χ3n) is 4.67. The van der Waals surface area contributed by atoms with Crippen molar-refractivity contribution in [2.45, 2.75) is 31.2 Å². The summed E-state index contributed by atoms with van der Waals surface area (Å²) in [6.07, 6.45) is 0. The third kappa shape index (κ3) is 7.55. The van der Waals surface area contributed by atoms with E-state index in [1.807, 2.05) is 13.0 Å². The number of nitrogens with zero attached hydrogens (tertiary/aromatic N) is 3. The van der Waals surface area contributed by atoms with Crippen LogP contribution < -0.4 is 20.9 Å². The Morgan fingerprint density at radius 1 is 0.912 bits per heavy atom. The predicted octanol–water partition coefficient (Wildman–Crippen LogP) is 6.63. The van der Waals surface area contributed by atoms with Gasteiger partial charge in [0.1, 0.15) is 17.5 Å². The molecule has 0 unspecified atom stereocenters. The standard InChI is InChI=1S/C23H25F3N6OS/c1-4-32(5-2)21-14-20(27-15(3)28-21)29-16-6-8-17(9-7-16)30-22(33)31-18-10-12-19(13-11-18)34-23(24,25)26/h6-14H,4-5H2,1-3H3,(H,27,28,29)(H2,30,31,33). The molecule has 180 valence electrons. The van der Waals surface area contributed by atoms with Crippen molar-refractivity contribution in [3.63, 3.8) is 0 Å². The van der Waals surface area contributed by atoms with Crippen LogP contribution in [0.4, 0.5) is 46.7 Å². The van der Waals surface area contributed by atoms with E-state index in [1.54, 1.807) is 24.3 Å². The molecule has 2 aromatic carbocycles. The van der Waals surface area contributed by atoms with Gasteiger partial charge in [0.05, 0.1) is 0 Å². The molecular weight excluding hydrogens is 465 g/mol. The van der Waals surface area contributed by atoms with Crippen LogP contribution >= 0.6 is 11.8 Å². The molecule has 3 aromatic rings. The Balaban J connectivity index is 1.58. The van der Waals surface area contributed by atoms with Gasteiger partial charge in [0.15, 0.2) is 0 Å². The minimum atomic E-state index is -4.35. The van der Waals surface area contributed by atoms with Gasteiger partial charge in [-0.25, -0.2) is 14.8 Å². The topological polar surface area (TPSA) is 82.2 Å². The minimum Gasteiger partial charge on any atom is -0.357 e. The monoisotopic (exact) mass is 490 g/mol. The smallest absolute Gasteiger partial charge is 0.357 e. The summed E-state index contributed by atoms with van der Waals surface area (Å²) in [6, 6.07) is 13.9. The number of aryl methyl sites for hydroxylation is 1. The van der Waals surface area contributed by atoms with Crippen molar-refractivity contribution in [1.82, 2.24) is 9.97 Å². The van der Waals surface area contributed by atoms with E-state index >= 15 is 0 Å². The Labute approximate surface area is 200 Å². The van der Waals surface area contributed by atoms with Crippen molar-refractivity contribution in [1.29, 1.82) is 0 Å². The van der Waals surface area contributed by atoms with Crippen LogP contribution in [0, 0.1) is 6.92 Å². The first-order chi connectivity index (χ1) is 16.1. The van der Waals surface area contributed by atoms with Crippen LogP contribution in [0.25, 0.3) is 0 Å². The van der Waals surface area contributed by atoms with Crippen LogP contribution in [0.3, 0.4) is 0 Å². The van der Waals surface area contributed by atoms with Crippen molar-refractivity contribution < 1.29 is 18.0 Å². The molecule has 1 aromatic heterocycles. The summed E-state index contributed by atoms with van der Waals surface area (Å²) in [7, 11) is 0. The van der Waals surface area contributed by atoms with Crippen LogP contribution in [-0.4, -0.2) is 34.6 Å². The summed E-state index contributed by atoms with van der Waals surface area (Å²) in [5, 5.41) is 8.52. The van der Waals surface area contributed by atoms with Crippen molar-refractivity contribution >= 4 is 46.5 Å². The van der Waals surface area contributed by atoms with Gasteiger partial charge in [-0.15, -0.1) is 0 Å². The number of urea groups is 1. The maximum atomic E-state index is 12.4. The molecule has 0 atom stereocenters. The Hall–Kier alpha value is -3.47. The van der Waals surface area contributed by atoms with Crippen LogP contribution in [0.2, 0.25) is 0 Å². The third-order valence-corrected chi connectivity index (χ3v) is 5.41. The molecular formula is C23H25F3N6OS. The summed E-state index contributed by atoms with van der Waals surface area (Å²) < 4.78 is 37.2. The predicted molar refractivity (Wildman–Crippen MR) is 131 cm³/mol. The van der Waals surface area contributed by atoms with E-state index in [1.165, 1.54) is 24.3 Å². The Morgan fingerprint density at radius 2 is 1.44 bits per heavy atom. The number of thioether (sulfide) groups is 1. The number of benzene rings is 2. The maximum absolute atomic E-state index is 12.4. The second-order valence-electron chi connectivity index (χ2n) is 7.18. The van der Waals surface area contributed by atoms with Gasteiger partial charge in [0.25, 0.3) is 0 Å². The van der Waals surface area contributed by atoms with E-state index in [4.69, 9.17) is 0 Å². The van der Waals surface area contributed by atoms with E-state index in [2.05, 4.69) is 44.7 Å². The Bertz CT molecular complexity index is 1100. The molecule has 0 aliphatic rings. The SMILES string of the molecule is CCN(CC)c1cc(Nc2ccc(NC(=O)Nc3ccc(SC(F)(F)F)cc3)cc2)nc(C)n1. The molecule has 3 N–H and O–H groups in total. The quantitative estimate of drug-likeness (QED) is 0.308. The minimum absolute atomic E-state index is 0.0460. The lowest BCUT2D eigenvalue weighted by Crippen LogP contribution is -2.23. The van der Waals surface area contributed by atoms with Gasteiger partial charge in [0.2, 0.25) is 0 Å². The lowest BCUT2D eigenvalue weighted by Gasteiger charge is -2.20. The fraction of sp³-hybridized carbons (Fsp3) is 0.261. The van der Waals surface area contributed by atoms with E-state index in [9.17, 15) is 18.0 Å². The number of halogens is 3. The molecule has 3 rings (SSSR count). The normalized spacial score (nSPS) is 11.1. The molecule has 0 saturated carbocycles. The molecule has 2 amide bonds. The summed E-state index contributed by atoms with van der Waals surface area (Å²) in [5.74, 6) is 2.17. The zero-order valence-electron chi connectivity index (χ0n) is 18.9. The van der Waals surface area contributed by atoms with Crippen molar-refractivity contribution in [2.75, 3.05) is 33.9 Å². The number of carbonyl (C=O) groups excluding carboxylic acids is 1. The highest BCUT2D eigenvalue weighted by molar-refractivity contribution is 8.00. The van der Waals surface area contributed by atoms with Gasteiger partial charge in [0, 0.05) is 41.1 Å². The Kier molecular flexibility index (Phi) is 8.21. The summed E-state index contributed by atoms with van der Waals surface area (Å²) in [4.78, 5) is 23.3. The fourth-order valence-electron chi connectivity index (χ4n) is 3.14. The van der Waals surface area contributed by atoms with Gasteiger partial charge >= 0.3 is 11.5 Å². The highest BCUT2D eigenvalue weighted by Gasteiger charge is 2.29. The molecule has 1 heterocycles. The number of alkyl halides is 3. The molecule has 11 heteroatoms. The number of aromatic nitrogens is 2. The van der Waals surface area contributed by atoms with Gasteiger partial charge in [-0.3, -0.25) is 0 Å². The molecule has 0 spiro atoms. The van der Waals surface area contributed by atoms with E-state index in [0.29, 0.717) is 23.0 Å². The highest BCUT2D eigenvalue weighted by atomic mass is 32.2. The molecule has 0 radical (unpaired) electrons. The number of anilines is 5. The lowest BCUT2D eigenvalue weighted by molar-refractivity contribution is -0.0328. The lowest BCUT2D eigenvalue weighted by atomic mass is 10.2. The largest absolute Gasteiger partial charge is 0.446 e. The van der Waals surface area contributed by atoms with Crippen LogP contribution in [0.15, 0.2) is 59.5 Å². The molecule has 34 heavy (non-hydrogen) atoms. The number of hydrogen-bond donors (Lipinski definition) is 3. The van der Waals surface area contributed by atoms with E-state index in [-0.39, 0.29) is 16.7 Å². The summed E-state index contributed by atoms with van der Waals surface area (Å²) in [6.45, 7) is 7.65. The zero-order valence-corrected chi connectivity index (χ0v) is 19.7. The molecule has 0 aliphatic carbocycles. The number of carbonyl (C=O) groups is 1. The van der Waals surface area contributed by atoms with Gasteiger partial charge in [-0.05, 0) is 81.1 Å². The first-order valence-electron chi connectivity index (χ1n) is 10.6. The Morgan fingerprint density at radius 3 is 1.97 bits per heavy atom. The molecule has 0 fully saturated rings. The first-order valence-corrected chi connectivity index (χ1v) is 11.4. The van der Waals surface area contributed by atoms with E-state index < -0.39 is 11.5 Å². The second kappa shape index (κ2) is 11.1. The van der Waals surface area contributed by atoms with Crippen molar-refractivity contribution in [3.8, 4) is 0 Å². The van der Waals surface area contributed by atoms with Crippen LogP contribution in [0.1, 0.15) is 19.7 Å². The van der Waals surface area contributed by atoms with Gasteiger partial charge in [-0.2, -0.15) is 13.2 Å². The molecule has 0 saturated heterocycles. The van der Waals surface area contributed by atoms with Crippen molar-refractivity contribution in [3.05, 3.63) is 60.4 Å². The van der Waals surface area contributed by atoms with Crippen LogP contribution in [0.5, 0.6) is 0 Å². The first kappa shape index (κ1) is 25.2. The molecule has 0 bridgehead atoms. The average Bonchev–Trinajstić information content (AvgIpc) is 2.76. The zero-order chi connectivity index (χ0) is 24.7. The number of rotatable bonds is 8. The van der Waals surface area contributed by atoms with E-state index in [0.717, 1.165) is 24.6 Å². The van der Waals surface area contributed by atoms with Gasteiger partial charge in [-0.1, -0.05) is 0 Å². The molecule has 0 aliphatic heterocycles. The fourth-order valence-corrected chi connectivity index (χ4v) is 3.68. The van der Waals surface area contributed by atoms with Crippen LogP contribution in [-0.2, 0) is 0 Å². The number of hydrogen-bond acceptors (Lipinski definition) is 6. The average molecular weight is 491 g/mol.